The summed E-state index contributed by atoms with van der Waals surface area (Å²) >= 11 is 0. The van der Waals surface area contributed by atoms with Gasteiger partial charge in [0, 0.05) is 12.8 Å². The molecular weight excluding hydrogens is 280 g/mol. The number of carbonyl (C=O) groups excluding carboxylic acids is 2. The summed E-state index contributed by atoms with van der Waals surface area (Å²) in [4.78, 5) is 23.5. The number of rotatable bonds is 7. The first-order valence-electron chi connectivity index (χ1n) is 8.68. The molecule has 1 rings (SSSR count). The molecule has 4 atom stereocenters. The Morgan fingerprint density at radius 1 is 1.00 bits per heavy atom. The van der Waals surface area contributed by atoms with Crippen LogP contribution in [0.25, 0.3) is 0 Å². The summed E-state index contributed by atoms with van der Waals surface area (Å²) in [7, 11) is 0. The molecule has 1 saturated carbocycles. The first-order chi connectivity index (χ1) is 10.3. The fraction of sp³-hybridized carbons (Fsp3) is 0.889. The quantitative estimate of drug-likeness (QED) is 0.664. The van der Waals surface area contributed by atoms with Crippen molar-refractivity contribution in [2.75, 3.05) is 0 Å². The van der Waals surface area contributed by atoms with Crippen LogP contribution < -0.4 is 0 Å². The highest BCUT2D eigenvalue weighted by Gasteiger charge is 2.26. The average molecular weight is 312 g/mol. The van der Waals surface area contributed by atoms with Crippen molar-refractivity contribution < 1.29 is 19.1 Å². The summed E-state index contributed by atoms with van der Waals surface area (Å²) in [5, 5.41) is 0. The van der Waals surface area contributed by atoms with E-state index in [2.05, 4.69) is 13.8 Å². The molecule has 4 nitrogen and oxygen atoms in total. The van der Waals surface area contributed by atoms with E-state index in [4.69, 9.17) is 9.47 Å². The highest BCUT2D eigenvalue weighted by Crippen LogP contribution is 2.31. The standard InChI is InChI=1S/C18H32O4/c1-12(2)15(5)21-17(19)7-6-8-18(20)22-16-10-9-13(3)14(4)11-16/h12-16H,6-11H2,1-5H3. The monoisotopic (exact) mass is 312 g/mol. The predicted octanol–water partition coefficient (Wildman–Crippen LogP) is 4.11. The molecule has 1 aliphatic carbocycles. The molecule has 0 amide bonds. The summed E-state index contributed by atoms with van der Waals surface area (Å²) in [5.41, 5.74) is 0. The maximum absolute atomic E-state index is 11.8. The van der Waals surface area contributed by atoms with Gasteiger partial charge < -0.3 is 9.47 Å². The zero-order chi connectivity index (χ0) is 16.7. The normalized spacial score (nSPS) is 26.5. The van der Waals surface area contributed by atoms with Crippen LogP contribution in [-0.2, 0) is 19.1 Å². The maximum Gasteiger partial charge on any atom is 0.306 e. The Morgan fingerprint density at radius 3 is 2.23 bits per heavy atom. The van der Waals surface area contributed by atoms with Crippen molar-refractivity contribution in [1.82, 2.24) is 0 Å². The summed E-state index contributed by atoms with van der Waals surface area (Å²) < 4.78 is 10.8. The van der Waals surface area contributed by atoms with E-state index in [0.717, 1.165) is 19.3 Å². The van der Waals surface area contributed by atoms with Gasteiger partial charge >= 0.3 is 11.9 Å². The van der Waals surface area contributed by atoms with Crippen molar-refractivity contribution >= 4 is 11.9 Å². The minimum absolute atomic E-state index is 0.0617. The van der Waals surface area contributed by atoms with Crippen LogP contribution >= 0.6 is 0 Å². The Balaban J connectivity index is 2.17. The number of ether oxygens (including phenoxy) is 2. The fourth-order valence-corrected chi connectivity index (χ4v) is 2.63. The van der Waals surface area contributed by atoms with E-state index in [9.17, 15) is 9.59 Å². The van der Waals surface area contributed by atoms with E-state index in [-0.39, 0.29) is 30.6 Å². The molecule has 22 heavy (non-hydrogen) atoms. The van der Waals surface area contributed by atoms with Crippen LogP contribution in [0.15, 0.2) is 0 Å². The van der Waals surface area contributed by atoms with E-state index >= 15 is 0 Å². The van der Waals surface area contributed by atoms with Gasteiger partial charge in [0.25, 0.3) is 0 Å². The third-order valence-corrected chi connectivity index (χ3v) is 4.87. The fourth-order valence-electron chi connectivity index (χ4n) is 2.63. The lowest BCUT2D eigenvalue weighted by Crippen LogP contribution is -2.28. The lowest BCUT2D eigenvalue weighted by molar-refractivity contribution is -0.153. The SMILES string of the molecule is CC(C)C(C)OC(=O)CCCC(=O)OC1CCC(C)C(C)C1. The van der Waals surface area contributed by atoms with Gasteiger partial charge in [0.1, 0.15) is 12.2 Å². The molecule has 0 aromatic heterocycles. The first-order valence-corrected chi connectivity index (χ1v) is 8.68. The largest absolute Gasteiger partial charge is 0.462 e. The minimum atomic E-state index is -0.228. The molecular formula is C18H32O4. The summed E-state index contributed by atoms with van der Waals surface area (Å²) in [6.45, 7) is 10.4. The van der Waals surface area contributed by atoms with Crippen LogP contribution in [-0.4, -0.2) is 24.1 Å². The summed E-state index contributed by atoms with van der Waals surface area (Å²) in [6, 6.07) is 0. The Bertz CT molecular complexity index is 364. The molecule has 0 heterocycles. The second-order valence-electron chi connectivity index (χ2n) is 7.17. The van der Waals surface area contributed by atoms with Gasteiger partial charge in [-0.25, -0.2) is 0 Å². The van der Waals surface area contributed by atoms with Crippen molar-refractivity contribution in [2.24, 2.45) is 17.8 Å². The van der Waals surface area contributed by atoms with Gasteiger partial charge in [0.2, 0.25) is 0 Å². The lowest BCUT2D eigenvalue weighted by atomic mass is 9.80. The Morgan fingerprint density at radius 2 is 1.64 bits per heavy atom. The molecule has 0 radical (unpaired) electrons. The zero-order valence-electron chi connectivity index (χ0n) is 14.8. The maximum atomic E-state index is 11.8. The summed E-state index contributed by atoms with van der Waals surface area (Å²) in [6.07, 6.45) is 4.11. The van der Waals surface area contributed by atoms with E-state index in [1.54, 1.807) is 0 Å². The third-order valence-electron chi connectivity index (χ3n) is 4.87. The molecule has 128 valence electrons. The second-order valence-corrected chi connectivity index (χ2v) is 7.17. The van der Waals surface area contributed by atoms with Crippen molar-refractivity contribution in [3.63, 3.8) is 0 Å². The van der Waals surface area contributed by atoms with Gasteiger partial charge in [0.15, 0.2) is 0 Å². The number of hydrogen-bond donors (Lipinski definition) is 0. The molecule has 1 fully saturated rings. The number of hydrogen-bond acceptors (Lipinski definition) is 4. The smallest absolute Gasteiger partial charge is 0.306 e. The molecule has 0 N–H and O–H groups in total. The van der Waals surface area contributed by atoms with Gasteiger partial charge in [-0.05, 0) is 50.4 Å². The minimum Gasteiger partial charge on any atom is -0.462 e. The van der Waals surface area contributed by atoms with Gasteiger partial charge in [0.05, 0.1) is 0 Å². The average Bonchev–Trinajstić information content (AvgIpc) is 2.42. The predicted molar refractivity (Wildman–Crippen MR) is 86.3 cm³/mol. The van der Waals surface area contributed by atoms with Gasteiger partial charge in [-0.2, -0.15) is 0 Å². The van der Waals surface area contributed by atoms with E-state index < -0.39 is 0 Å². The first kappa shape index (κ1) is 19.0. The van der Waals surface area contributed by atoms with Crippen LogP contribution in [0.1, 0.15) is 73.1 Å². The van der Waals surface area contributed by atoms with Crippen molar-refractivity contribution in [3.05, 3.63) is 0 Å². The second kappa shape index (κ2) is 9.16. The van der Waals surface area contributed by atoms with Crippen molar-refractivity contribution in [3.8, 4) is 0 Å². The molecule has 4 heteroatoms. The third kappa shape index (κ3) is 6.80. The molecule has 1 aliphatic rings. The van der Waals surface area contributed by atoms with E-state index in [1.807, 2.05) is 20.8 Å². The van der Waals surface area contributed by atoms with E-state index in [0.29, 0.717) is 30.6 Å². The lowest BCUT2D eigenvalue weighted by Gasteiger charge is -2.31. The molecule has 0 aromatic rings. The van der Waals surface area contributed by atoms with Crippen LogP contribution in [0.4, 0.5) is 0 Å². The molecule has 0 saturated heterocycles. The zero-order valence-corrected chi connectivity index (χ0v) is 14.8. The highest BCUT2D eigenvalue weighted by molar-refractivity contribution is 5.72. The van der Waals surface area contributed by atoms with Gasteiger partial charge in [-0.3, -0.25) is 9.59 Å². The number of esters is 2. The Hall–Kier alpha value is -1.06. The van der Waals surface area contributed by atoms with Crippen LogP contribution in [0.2, 0.25) is 0 Å². The van der Waals surface area contributed by atoms with Crippen molar-refractivity contribution in [2.45, 2.75) is 85.4 Å². The van der Waals surface area contributed by atoms with E-state index in [1.165, 1.54) is 0 Å². The highest BCUT2D eigenvalue weighted by atomic mass is 16.5. The van der Waals surface area contributed by atoms with Crippen molar-refractivity contribution in [1.29, 1.82) is 0 Å². The molecule has 4 unspecified atom stereocenters. The summed E-state index contributed by atoms with van der Waals surface area (Å²) in [5.74, 6) is 1.22. The molecule has 0 aromatic carbocycles. The van der Waals surface area contributed by atoms with Crippen LogP contribution in [0, 0.1) is 17.8 Å². The Labute approximate surface area is 134 Å². The number of carbonyl (C=O) groups is 2. The van der Waals surface area contributed by atoms with Crippen LogP contribution in [0.5, 0.6) is 0 Å². The van der Waals surface area contributed by atoms with Gasteiger partial charge in [-0.1, -0.05) is 27.7 Å². The molecule has 0 spiro atoms. The molecule has 0 bridgehead atoms. The topological polar surface area (TPSA) is 52.6 Å². The molecule has 0 aliphatic heterocycles. The van der Waals surface area contributed by atoms with Gasteiger partial charge in [-0.15, -0.1) is 0 Å². The Kier molecular flexibility index (Phi) is 7.91. The van der Waals surface area contributed by atoms with Crippen LogP contribution in [0.3, 0.4) is 0 Å².